The topological polar surface area (TPSA) is 63.6 Å². The molecule has 38 heavy (non-hydrogen) atoms. The van der Waals surface area contributed by atoms with Crippen molar-refractivity contribution in [2.45, 2.75) is 23.9 Å². The number of H-pyrrole nitrogens is 1. The van der Waals surface area contributed by atoms with E-state index in [-0.39, 0.29) is 5.56 Å². The third kappa shape index (κ3) is 4.45. The van der Waals surface area contributed by atoms with E-state index in [4.69, 9.17) is 11.6 Å². The molecule has 0 aliphatic carbocycles. The average molecular weight is 559 g/mol. The van der Waals surface area contributed by atoms with E-state index < -0.39 is 5.82 Å². The molecule has 1 N–H and O–H groups in total. The van der Waals surface area contributed by atoms with E-state index >= 15 is 0 Å². The summed E-state index contributed by atoms with van der Waals surface area (Å²) in [6.45, 7) is 4.09. The summed E-state index contributed by atoms with van der Waals surface area (Å²) in [5.74, 6) is 0.292. The number of hydrogen-bond acceptors (Lipinski definition) is 5. The van der Waals surface area contributed by atoms with Gasteiger partial charge in [-0.3, -0.25) is 9.36 Å². The Morgan fingerprint density at radius 2 is 1.82 bits per heavy atom. The Morgan fingerprint density at radius 1 is 1.00 bits per heavy atom. The quantitative estimate of drug-likeness (QED) is 0.232. The first-order valence-corrected chi connectivity index (χ1v) is 13.8. The zero-order chi connectivity index (χ0) is 26.4. The van der Waals surface area contributed by atoms with E-state index in [0.29, 0.717) is 37.4 Å². The zero-order valence-electron chi connectivity index (χ0n) is 20.3. The molecule has 0 bridgehead atoms. The highest BCUT2D eigenvalue weighted by atomic mass is 35.5. The fourth-order valence-electron chi connectivity index (χ4n) is 4.51. The lowest BCUT2D eigenvalue weighted by Crippen LogP contribution is -2.11. The van der Waals surface area contributed by atoms with Crippen molar-refractivity contribution >= 4 is 45.6 Å². The van der Waals surface area contributed by atoms with Gasteiger partial charge in [0.1, 0.15) is 5.82 Å². The van der Waals surface area contributed by atoms with E-state index in [9.17, 15) is 9.18 Å². The number of halogens is 2. The van der Waals surface area contributed by atoms with Gasteiger partial charge >= 0.3 is 0 Å². The van der Waals surface area contributed by atoms with Gasteiger partial charge in [-0.25, -0.2) is 4.39 Å². The normalized spacial score (nSPS) is 11.4. The first-order valence-electron chi connectivity index (χ1n) is 11.8. The number of aromatic amines is 1. The lowest BCUT2D eigenvalue weighted by atomic mass is 10.0. The van der Waals surface area contributed by atoms with Crippen molar-refractivity contribution in [1.29, 1.82) is 0 Å². The van der Waals surface area contributed by atoms with Crippen molar-refractivity contribution in [2.24, 2.45) is 0 Å². The Kier molecular flexibility index (Phi) is 6.39. The maximum absolute atomic E-state index is 14.4. The van der Waals surface area contributed by atoms with Crippen LogP contribution in [0.15, 0.2) is 93.0 Å². The summed E-state index contributed by atoms with van der Waals surface area (Å²) in [5.41, 5.74) is 4.71. The average Bonchev–Trinajstić information content (AvgIpc) is 3.56. The first kappa shape index (κ1) is 24.6. The third-order valence-corrected chi connectivity index (χ3v) is 8.39. The summed E-state index contributed by atoms with van der Waals surface area (Å²) >= 11 is 8.93. The molecule has 9 heteroatoms. The lowest BCUT2D eigenvalue weighted by molar-refractivity contribution is 0.629. The molecule has 3 heterocycles. The van der Waals surface area contributed by atoms with Crippen molar-refractivity contribution in [3.05, 3.63) is 110 Å². The summed E-state index contributed by atoms with van der Waals surface area (Å²) in [5, 5.41) is 12.7. The van der Waals surface area contributed by atoms with Crippen LogP contribution in [0.2, 0.25) is 5.02 Å². The fraction of sp³-hybridized carbons (Fsp3) is 0.0690. The van der Waals surface area contributed by atoms with Crippen LogP contribution < -0.4 is 5.56 Å². The number of aryl methyl sites for hydroxylation is 2. The van der Waals surface area contributed by atoms with Crippen LogP contribution in [0.3, 0.4) is 0 Å². The maximum atomic E-state index is 14.4. The molecule has 3 aromatic carbocycles. The minimum Gasteiger partial charge on any atom is -0.321 e. The summed E-state index contributed by atoms with van der Waals surface area (Å²) in [6.07, 6.45) is 0. The molecule has 0 atom stereocenters. The van der Waals surface area contributed by atoms with E-state index in [1.165, 1.54) is 23.9 Å². The predicted molar refractivity (Wildman–Crippen MR) is 153 cm³/mol. The number of nitrogens with one attached hydrogen (secondary N) is 1. The van der Waals surface area contributed by atoms with E-state index in [1.807, 2.05) is 60.2 Å². The van der Waals surface area contributed by atoms with Gasteiger partial charge in [0.05, 0.1) is 15.5 Å². The number of thiophene rings is 1. The van der Waals surface area contributed by atoms with Gasteiger partial charge in [-0.1, -0.05) is 47.5 Å². The summed E-state index contributed by atoms with van der Waals surface area (Å²) in [7, 11) is 0. The molecule has 0 aliphatic rings. The Morgan fingerprint density at radius 3 is 2.55 bits per heavy atom. The van der Waals surface area contributed by atoms with Crippen LogP contribution in [-0.4, -0.2) is 19.7 Å². The van der Waals surface area contributed by atoms with Gasteiger partial charge in [0.15, 0.2) is 5.82 Å². The molecule has 188 valence electrons. The Balaban J connectivity index is 1.61. The number of fused-ring (bicyclic) bond motifs is 1. The molecule has 6 aromatic rings. The smallest absolute Gasteiger partial charge is 0.263 e. The minimum atomic E-state index is -0.394. The second-order valence-corrected chi connectivity index (χ2v) is 11.2. The largest absolute Gasteiger partial charge is 0.321 e. The van der Waals surface area contributed by atoms with Crippen LogP contribution in [0.25, 0.3) is 38.4 Å². The van der Waals surface area contributed by atoms with Gasteiger partial charge in [0.25, 0.3) is 5.56 Å². The lowest BCUT2D eigenvalue weighted by Gasteiger charge is -2.15. The first-order chi connectivity index (χ1) is 18.4. The highest BCUT2D eigenvalue weighted by Gasteiger charge is 2.23. The van der Waals surface area contributed by atoms with Crippen molar-refractivity contribution in [2.75, 3.05) is 0 Å². The number of nitrogens with zero attached hydrogens (tertiary/aromatic N) is 3. The Labute approximate surface area is 231 Å². The molecule has 0 radical (unpaired) electrons. The second kappa shape index (κ2) is 9.87. The van der Waals surface area contributed by atoms with E-state index in [0.717, 1.165) is 27.3 Å². The van der Waals surface area contributed by atoms with Crippen molar-refractivity contribution in [3.8, 4) is 27.5 Å². The van der Waals surface area contributed by atoms with Crippen LogP contribution >= 0.6 is 34.7 Å². The molecule has 0 saturated heterocycles. The van der Waals surface area contributed by atoms with Gasteiger partial charge in [0.2, 0.25) is 5.16 Å². The summed E-state index contributed by atoms with van der Waals surface area (Å²) in [6, 6.07) is 21.7. The molecule has 3 aromatic heterocycles. The van der Waals surface area contributed by atoms with Gasteiger partial charge < -0.3 is 4.98 Å². The van der Waals surface area contributed by atoms with E-state index in [2.05, 4.69) is 21.2 Å². The molecule has 0 amide bonds. The summed E-state index contributed by atoms with van der Waals surface area (Å²) in [4.78, 5) is 17.8. The SMILES string of the molecule is Cc1ccc(-n2c(Sc3c(-c4ccc(Cl)cc4)c4cc(F)ccc4[nH]c3=O)nnc2-c2cccs2)c(C)c1. The molecule has 6 rings (SSSR count). The van der Waals surface area contributed by atoms with Gasteiger partial charge in [0, 0.05) is 21.5 Å². The third-order valence-electron chi connectivity index (χ3n) is 6.23. The van der Waals surface area contributed by atoms with Crippen molar-refractivity contribution in [3.63, 3.8) is 0 Å². The highest BCUT2D eigenvalue weighted by molar-refractivity contribution is 7.99. The van der Waals surface area contributed by atoms with Gasteiger partial charge in [-0.15, -0.1) is 21.5 Å². The molecular weight excluding hydrogens is 539 g/mol. The van der Waals surface area contributed by atoms with Crippen LogP contribution in [0.4, 0.5) is 4.39 Å². The second-order valence-electron chi connectivity index (χ2n) is 8.87. The van der Waals surface area contributed by atoms with Crippen LogP contribution in [0.1, 0.15) is 11.1 Å². The maximum Gasteiger partial charge on any atom is 0.263 e. The molecule has 0 spiro atoms. The number of benzene rings is 3. The van der Waals surface area contributed by atoms with Crippen molar-refractivity contribution in [1.82, 2.24) is 19.7 Å². The molecule has 0 unspecified atom stereocenters. The van der Waals surface area contributed by atoms with Crippen LogP contribution in [0.5, 0.6) is 0 Å². The molecule has 0 saturated carbocycles. The minimum absolute atomic E-state index is 0.299. The highest BCUT2D eigenvalue weighted by Crippen LogP contribution is 2.40. The Hall–Kier alpha value is -3.72. The predicted octanol–water partition coefficient (Wildman–Crippen LogP) is 8.06. The van der Waals surface area contributed by atoms with Crippen LogP contribution in [0, 0.1) is 19.7 Å². The number of rotatable bonds is 5. The van der Waals surface area contributed by atoms with Crippen LogP contribution in [-0.2, 0) is 0 Å². The van der Waals surface area contributed by atoms with Gasteiger partial charge in [-0.05, 0) is 84.6 Å². The number of aromatic nitrogens is 4. The monoisotopic (exact) mass is 558 g/mol. The van der Waals surface area contributed by atoms with Gasteiger partial charge in [-0.2, -0.15) is 0 Å². The Bertz CT molecular complexity index is 1860. The van der Waals surface area contributed by atoms with Crippen molar-refractivity contribution < 1.29 is 4.39 Å². The van der Waals surface area contributed by atoms with E-state index in [1.54, 1.807) is 29.5 Å². The standard InChI is InChI=1S/C29H20ClFN4OS2/c1-16-5-12-23(17(2)14-16)35-27(24-4-3-13-37-24)33-34-29(35)38-26-25(18-6-8-19(30)9-7-18)21-15-20(31)10-11-22(21)32-28(26)36/h3-15H,1-2H3,(H,32,36). The molecule has 5 nitrogen and oxygen atoms in total. The zero-order valence-corrected chi connectivity index (χ0v) is 22.7. The molecule has 0 fully saturated rings. The molecular formula is C29H20ClFN4OS2. The number of hydrogen-bond donors (Lipinski definition) is 1. The summed E-state index contributed by atoms with van der Waals surface area (Å²) < 4.78 is 16.4. The fourth-order valence-corrected chi connectivity index (χ4v) is 6.35. The number of pyridine rings is 1. The molecule has 0 aliphatic heterocycles.